The summed E-state index contributed by atoms with van der Waals surface area (Å²) in [7, 11) is 4.05. The second kappa shape index (κ2) is 4.83. The van der Waals surface area contributed by atoms with Gasteiger partial charge in [-0.05, 0) is 18.9 Å². The number of carbonyl (C=O) groups excluding carboxylic acids is 1. The SMILES string of the molecule is Cn1ccnc1CC1CCc2c(c3ccccc3n2C)C1=O. The van der Waals surface area contributed by atoms with Crippen LogP contribution < -0.4 is 0 Å². The van der Waals surface area contributed by atoms with E-state index in [1.54, 1.807) is 6.20 Å². The molecule has 0 radical (unpaired) electrons. The minimum atomic E-state index is 0.0411. The van der Waals surface area contributed by atoms with Crippen molar-refractivity contribution in [3.05, 3.63) is 53.7 Å². The summed E-state index contributed by atoms with van der Waals surface area (Å²) in [5, 5.41) is 1.09. The van der Waals surface area contributed by atoms with Gasteiger partial charge >= 0.3 is 0 Å². The fraction of sp³-hybridized carbons (Fsp3) is 0.333. The Morgan fingerprint density at radius 3 is 2.86 bits per heavy atom. The molecule has 2 aromatic heterocycles. The number of Topliss-reactive ketones (excluding diaryl/α,β-unsaturated/α-hetero) is 1. The van der Waals surface area contributed by atoms with E-state index in [0.29, 0.717) is 0 Å². The zero-order valence-corrected chi connectivity index (χ0v) is 12.9. The zero-order chi connectivity index (χ0) is 15.3. The molecule has 2 heterocycles. The van der Waals surface area contributed by atoms with E-state index in [2.05, 4.69) is 28.7 Å². The van der Waals surface area contributed by atoms with Gasteiger partial charge in [0, 0.05) is 61.0 Å². The number of rotatable bonds is 2. The molecule has 0 N–H and O–H groups in total. The third-order valence-corrected chi connectivity index (χ3v) is 4.92. The van der Waals surface area contributed by atoms with E-state index < -0.39 is 0 Å². The van der Waals surface area contributed by atoms with Crippen LogP contribution in [0.3, 0.4) is 0 Å². The van der Waals surface area contributed by atoms with Crippen molar-refractivity contribution in [2.24, 2.45) is 20.0 Å². The summed E-state index contributed by atoms with van der Waals surface area (Å²) >= 11 is 0. The number of hydrogen-bond acceptors (Lipinski definition) is 2. The number of nitrogens with zero attached hydrogens (tertiary/aromatic N) is 3. The van der Waals surface area contributed by atoms with E-state index in [-0.39, 0.29) is 11.7 Å². The highest BCUT2D eigenvalue weighted by Crippen LogP contribution is 2.34. The lowest BCUT2D eigenvalue weighted by molar-refractivity contribution is 0.0900. The lowest BCUT2D eigenvalue weighted by Gasteiger charge is -2.22. The zero-order valence-electron chi connectivity index (χ0n) is 12.9. The molecule has 0 amide bonds. The van der Waals surface area contributed by atoms with Crippen molar-refractivity contribution in [3.8, 4) is 0 Å². The maximum Gasteiger partial charge on any atom is 0.168 e. The molecule has 0 spiro atoms. The maximum absolute atomic E-state index is 13.0. The summed E-state index contributed by atoms with van der Waals surface area (Å²) in [6.45, 7) is 0. The fourth-order valence-corrected chi connectivity index (χ4v) is 3.67. The smallest absolute Gasteiger partial charge is 0.168 e. The number of carbonyl (C=O) groups is 1. The molecular weight excluding hydrogens is 274 g/mol. The van der Waals surface area contributed by atoms with E-state index in [0.717, 1.165) is 41.6 Å². The average Bonchev–Trinajstić information content (AvgIpc) is 3.05. The van der Waals surface area contributed by atoms with Gasteiger partial charge in [0.15, 0.2) is 5.78 Å². The first-order valence-corrected chi connectivity index (χ1v) is 7.73. The highest BCUT2D eigenvalue weighted by molar-refractivity contribution is 6.11. The summed E-state index contributed by atoms with van der Waals surface area (Å²) in [6, 6.07) is 8.20. The van der Waals surface area contributed by atoms with Gasteiger partial charge in [-0.2, -0.15) is 0 Å². The van der Waals surface area contributed by atoms with Crippen LogP contribution in [0, 0.1) is 5.92 Å². The first-order valence-electron chi connectivity index (χ1n) is 7.73. The molecule has 4 rings (SSSR count). The minimum Gasteiger partial charge on any atom is -0.347 e. The monoisotopic (exact) mass is 293 g/mol. The lowest BCUT2D eigenvalue weighted by atomic mass is 9.83. The van der Waals surface area contributed by atoms with Crippen molar-refractivity contribution in [3.63, 3.8) is 0 Å². The summed E-state index contributed by atoms with van der Waals surface area (Å²) in [4.78, 5) is 17.4. The van der Waals surface area contributed by atoms with Crippen molar-refractivity contribution < 1.29 is 4.79 Å². The van der Waals surface area contributed by atoms with Crippen LogP contribution in [0.2, 0.25) is 0 Å². The molecule has 1 aliphatic rings. The quantitative estimate of drug-likeness (QED) is 0.729. The Balaban J connectivity index is 1.77. The number of imidazole rings is 1. The number of fused-ring (bicyclic) bond motifs is 3. The molecule has 22 heavy (non-hydrogen) atoms. The molecule has 3 aromatic rings. The Morgan fingerprint density at radius 2 is 2.09 bits per heavy atom. The lowest BCUT2D eigenvalue weighted by Crippen LogP contribution is -2.25. The number of hydrogen-bond donors (Lipinski definition) is 0. The summed E-state index contributed by atoms with van der Waals surface area (Å²) < 4.78 is 4.19. The van der Waals surface area contributed by atoms with Crippen LogP contribution in [-0.4, -0.2) is 19.9 Å². The summed E-state index contributed by atoms with van der Waals surface area (Å²) in [5.41, 5.74) is 3.27. The van der Waals surface area contributed by atoms with E-state index in [9.17, 15) is 4.79 Å². The van der Waals surface area contributed by atoms with Gasteiger partial charge in [0.25, 0.3) is 0 Å². The standard InChI is InChI=1S/C18H19N3O/c1-20-10-9-19-16(20)11-12-7-8-15-17(18(12)22)13-5-3-4-6-14(13)21(15)2/h3-6,9-10,12H,7-8,11H2,1-2H3. The van der Waals surface area contributed by atoms with Gasteiger partial charge in [0.2, 0.25) is 0 Å². The first-order chi connectivity index (χ1) is 10.7. The van der Waals surface area contributed by atoms with Gasteiger partial charge in [-0.25, -0.2) is 4.98 Å². The van der Waals surface area contributed by atoms with Crippen LogP contribution in [0.1, 0.15) is 28.3 Å². The maximum atomic E-state index is 13.0. The molecule has 0 saturated heterocycles. The van der Waals surface area contributed by atoms with E-state index in [4.69, 9.17) is 0 Å². The number of aryl methyl sites for hydroxylation is 2. The molecule has 0 saturated carbocycles. The fourth-order valence-electron chi connectivity index (χ4n) is 3.67. The predicted octanol–water partition coefficient (Wildman–Crippen LogP) is 2.90. The predicted molar refractivity (Wildman–Crippen MR) is 86.0 cm³/mol. The van der Waals surface area contributed by atoms with Gasteiger partial charge < -0.3 is 9.13 Å². The normalized spacial score (nSPS) is 17.9. The van der Waals surface area contributed by atoms with Gasteiger partial charge in [0.1, 0.15) is 5.82 Å². The van der Waals surface area contributed by atoms with Crippen molar-refractivity contribution in [2.45, 2.75) is 19.3 Å². The van der Waals surface area contributed by atoms with Crippen LogP contribution in [-0.2, 0) is 26.9 Å². The molecule has 0 fully saturated rings. The van der Waals surface area contributed by atoms with Gasteiger partial charge in [0.05, 0.1) is 0 Å². The first kappa shape index (κ1) is 13.3. The summed E-state index contributed by atoms with van der Waals surface area (Å²) in [6.07, 6.45) is 6.33. The Bertz CT molecular complexity index is 872. The third kappa shape index (κ3) is 1.83. The van der Waals surface area contributed by atoms with Crippen LogP contribution in [0.4, 0.5) is 0 Å². The molecule has 1 aromatic carbocycles. The molecule has 1 aliphatic carbocycles. The van der Waals surface area contributed by atoms with Crippen LogP contribution >= 0.6 is 0 Å². The van der Waals surface area contributed by atoms with Crippen molar-refractivity contribution in [1.29, 1.82) is 0 Å². The molecule has 4 heteroatoms. The third-order valence-electron chi connectivity index (χ3n) is 4.92. The second-order valence-electron chi connectivity index (χ2n) is 6.16. The van der Waals surface area contributed by atoms with Gasteiger partial charge in [-0.15, -0.1) is 0 Å². The van der Waals surface area contributed by atoms with E-state index >= 15 is 0 Å². The molecule has 1 unspecified atom stereocenters. The largest absolute Gasteiger partial charge is 0.347 e. The van der Waals surface area contributed by atoms with Crippen molar-refractivity contribution >= 4 is 16.7 Å². The van der Waals surface area contributed by atoms with Gasteiger partial charge in [-0.3, -0.25) is 4.79 Å². The van der Waals surface area contributed by atoms with Crippen LogP contribution in [0.5, 0.6) is 0 Å². The number of aromatic nitrogens is 3. The number of para-hydroxylation sites is 1. The van der Waals surface area contributed by atoms with Gasteiger partial charge in [-0.1, -0.05) is 18.2 Å². The van der Waals surface area contributed by atoms with Crippen LogP contribution in [0.25, 0.3) is 10.9 Å². The van der Waals surface area contributed by atoms with E-state index in [1.807, 2.05) is 29.9 Å². The second-order valence-corrected chi connectivity index (χ2v) is 6.16. The average molecular weight is 293 g/mol. The van der Waals surface area contributed by atoms with Crippen molar-refractivity contribution in [1.82, 2.24) is 14.1 Å². The Hall–Kier alpha value is -2.36. The highest BCUT2D eigenvalue weighted by atomic mass is 16.1. The number of ketones is 1. The molecule has 112 valence electrons. The Kier molecular flexibility index (Phi) is 2.93. The topological polar surface area (TPSA) is 39.8 Å². The summed E-state index contributed by atoms with van der Waals surface area (Å²) in [5.74, 6) is 1.31. The molecule has 0 aliphatic heterocycles. The number of benzene rings is 1. The van der Waals surface area contributed by atoms with Crippen molar-refractivity contribution in [2.75, 3.05) is 0 Å². The van der Waals surface area contributed by atoms with E-state index in [1.165, 1.54) is 5.69 Å². The molecule has 1 atom stereocenters. The van der Waals surface area contributed by atoms with Crippen LogP contribution in [0.15, 0.2) is 36.7 Å². The molecule has 4 nitrogen and oxygen atoms in total. The molecular formula is C18H19N3O. The minimum absolute atomic E-state index is 0.0411. The highest BCUT2D eigenvalue weighted by Gasteiger charge is 2.32. The Morgan fingerprint density at radius 1 is 1.27 bits per heavy atom. The Labute approximate surface area is 129 Å². The molecule has 0 bridgehead atoms.